The summed E-state index contributed by atoms with van der Waals surface area (Å²) >= 11 is 0. The molecule has 16 nitrogen and oxygen atoms in total. The van der Waals surface area contributed by atoms with E-state index in [4.69, 9.17) is 18.9 Å². The van der Waals surface area contributed by atoms with Crippen LogP contribution in [0.15, 0.2) is 47.5 Å². The van der Waals surface area contributed by atoms with Gasteiger partial charge in [-0.2, -0.15) is 0 Å². The number of rotatable bonds is 4. The number of hydrogen-bond donors (Lipinski definition) is 5. The highest BCUT2D eigenvalue weighted by molar-refractivity contribution is 6.32. The molecule has 4 heterocycles. The number of phenolic OH excluding ortho intramolecular Hbond substituents is 1. The quantitative estimate of drug-likeness (QED) is 0.272. The summed E-state index contributed by atoms with van der Waals surface area (Å²) in [4.78, 5) is 83.1. The van der Waals surface area contributed by atoms with Crippen molar-refractivity contribution in [3.63, 3.8) is 0 Å². The highest BCUT2D eigenvalue weighted by Crippen LogP contribution is 2.49. The number of carbonyl (C=O) groups is 6. The van der Waals surface area contributed by atoms with Crippen molar-refractivity contribution in [1.82, 2.24) is 10.2 Å². The van der Waals surface area contributed by atoms with Gasteiger partial charge in [0.25, 0.3) is 11.7 Å². The van der Waals surface area contributed by atoms with Crippen LogP contribution < -0.4 is 10.1 Å². The molecule has 1 aromatic rings. The van der Waals surface area contributed by atoms with E-state index in [1.807, 2.05) is 0 Å². The second-order valence-corrected chi connectivity index (χ2v) is 16.1. The topological polar surface area (TPSA) is 236 Å². The number of ether oxygens (including phenoxy) is 4. The van der Waals surface area contributed by atoms with Crippen molar-refractivity contribution in [3.05, 3.63) is 69.8 Å². The van der Waals surface area contributed by atoms with Crippen LogP contribution in [0.1, 0.15) is 97.9 Å². The molecule has 0 saturated carbocycles. The van der Waals surface area contributed by atoms with Gasteiger partial charge >= 0.3 is 17.7 Å². The summed E-state index contributed by atoms with van der Waals surface area (Å²) in [5, 5.41) is 46.5. The SMILES string of the molecule is CO[C@H]1/C=C/O[C@@]2(C)Oc3c(C)c(O)c4c(c3C2=O)C(=O)C(N2CCC(C(=O)O)CC2)=C(NC(=O)/C(C)=C\C=C\[C@H](C)[C@H](O)[C@@H](C)[C@H](O)[C@H](C)[C@H](OC(C)=O)[C@@H]1C)C4=O. The summed E-state index contributed by atoms with van der Waals surface area (Å²) in [6.45, 7) is 12.2. The number of aliphatic hydroxyl groups is 2. The molecule has 9 atom stereocenters. The number of esters is 1. The standard InChI is InChI=1S/C43H54N2O14/c1-19-11-10-12-20(2)41(53)44-31-32(45-16-13-26(14-17-45)42(54)55)37(51)28-29(36(31)50)35(49)24(6)39-30(28)40(52)43(8,59-39)57-18-15-27(56-9)21(3)38(58-25(7)46)23(5)34(48)22(4)33(19)47/h10-12,15,18-19,21-23,26-27,33-34,38,47-49H,13-14,16-17H2,1-9H3,(H,44,53)(H,54,55)/b11-10+,18-15+,20-12-/t19-,21+,22+,23-,27-,33-,34-,38+,43-/m0/s1. The van der Waals surface area contributed by atoms with Gasteiger partial charge in [0.05, 0.1) is 47.2 Å². The highest BCUT2D eigenvalue weighted by atomic mass is 16.7. The van der Waals surface area contributed by atoms with Gasteiger partial charge in [-0.25, -0.2) is 0 Å². The highest BCUT2D eigenvalue weighted by Gasteiger charge is 2.53. The minimum Gasteiger partial charge on any atom is -0.507 e. The van der Waals surface area contributed by atoms with E-state index in [1.54, 1.807) is 33.8 Å². The molecule has 0 unspecified atom stereocenters. The Hall–Kier alpha value is -5.32. The van der Waals surface area contributed by atoms with Crippen molar-refractivity contribution in [2.24, 2.45) is 29.6 Å². The number of nitrogens with one attached hydrogen (secondary N) is 1. The smallest absolute Gasteiger partial charge is 0.312 e. The molecule has 1 aromatic carbocycles. The van der Waals surface area contributed by atoms with Crippen LogP contribution in [-0.2, 0) is 28.6 Å². The first kappa shape index (κ1) is 44.8. The number of amides is 1. The number of hydrogen-bond acceptors (Lipinski definition) is 14. The monoisotopic (exact) mass is 822 g/mol. The summed E-state index contributed by atoms with van der Waals surface area (Å²) < 4.78 is 23.4. The van der Waals surface area contributed by atoms with Crippen LogP contribution in [0.5, 0.6) is 11.5 Å². The van der Waals surface area contributed by atoms with Gasteiger partial charge in [-0.15, -0.1) is 0 Å². The number of phenols is 1. The number of benzene rings is 1. The van der Waals surface area contributed by atoms with E-state index in [0.717, 1.165) is 6.26 Å². The molecule has 0 aromatic heterocycles. The number of carboxylic acid groups (broad SMARTS) is 1. The molecule has 1 fully saturated rings. The predicted octanol–water partition coefficient (Wildman–Crippen LogP) is 3.75. The van der Waals surface area contributed by atoms with Crippen LogP contribution in [0, 0.1) is 36.5 Å². The van der Waals surface area contributed by atoms with Gasteiger partial charge in [0, 0.05) is 68.9 Å². The lowest BCUT2D eigenvalue weighted by atomic mass is 9.78. The summed E-state index contributed by atoms with van der Waals surface area (Å²) in [6.07, 6.45) is 3.42. The fourth-order valence-corrected chi connectivity index (χ4v) is 8.33. The third-order valence-corrected chi connectivity index (χ3v) is 12.1. The van der Waals surface area contributed by atoms with Gasteiger partial charge < -0.3 is 49.6 Å². The van der Waals surface area contributed by atoms with Crippen LogP contribution in [-0.4, -0.2) is 111 Å². The first-order chi connectivity index (χ1) is 27.7. The second-order valence-electron chi connectivity index (χ2n) is 16.1. The molecule has 6 rings (SSSR count). The Morgan fingerprint density at radius 2 is 1.56 bits per heavy atom. The number of piperidine rings is 1. The molecule has 320 valence electrons. The van der Waals surface area contributed by atoms with Crippen molar-refractivity contribution in [3.8, 4) is 11.5 Å². The number of Topliss-reactive ketones (excluding diaryl/α,β-unsaturated/α-hetero) is 3. The molecule has 0 spiro atoms. The molecule has 0 radical (unpaired) electrons. The summed E-state index contributed by atoms with van der Waals surface area (Å²) in [6, 6.07) is 0. The van der Waals surface area contributed by atoms with Crippen LogP contribution in [0.4, 0.5) is 0 Å². The minimum absolute atomic E-state index is 0.0250. The van der Waals surface area contributed by atoms with E-state index in [1.165, 1.54) is 57.9 Å². The van der Waals surface area contributed by atoms with Gasteiger partial charge in [0.1, 0.15) is 29.0 Å². The Balaban J connectivity index is 1.67. The number of aromatic hydroxyl groups is 1. The Kier molecular flexibility index (Phi) is 13.3. The number of aliphatic hydroxyl groups excluding tert-OH is 2. The van der Waals surface area contributed by atoms with Crippen molar-refractivity contribution in [2.45, 2.75) is 98.4 Å². The lowest BCUT2D eigenvalue weighted by molar-refractivity contribution is -0.160. The molecule has 1 saturated heterocycles. The van der Waals surface area contributed by atoms with Crippen molar-refractivity contribution in [1.29, 1.82) is 0 Å². The number of carbonyl (C=O) groups excluding carboxylic acids is 5. The van der Waals surface area contributed by atoms with Gasteiger partial charge in [-0.05, 0) is 32.8 Å². The van der Waals surface area contributed by atoms with Gasteiger partial charge in [-0.3, -0.25) is 28.8 Å². The van der Waals surface area contributed by atoms with Crippen molar-refractivity contribution in [2.75, 3.05) is 20.2 Å². The Morgan fingerprint density at radius 3 is 2.15 bits per heavy atom. The third-order valence-electron chi connectivity index (χ3n) is 12.1. The van der Waals surface area contributed by atoms with E-state index in [-0.39, 0.29) is 54.1 Å². The van der Waals surface area contributed by atoms with Crippen LogP contribution in [0.2, 0.25) is 0 Å². The van der Waals surface area contributed by atoms with Crippen LogP contribution in [0.25, 0.3) is 0 Å². The lowest BCUT2D eigenvalue weighted by Gasteiger charge is -2.38. The van der Waals surface area contributed by atoms with E-state index in [0.29, 0.717) is 0 Å². The Bertz CT molecular complexity index is 2040. The molecule has 1 aliphatic carbocycles. The zero-order valence-corrected chi connectivity index (χ0v) is 34.7. The molecule has 5 N–H and O–H groups in total. The summed E-state index contributed by atoms with van der Waals surface area (Å²) in [5.74, 6) is -11.4. The largest absolute Gasteiger partial charge is 0.507 e. The first-order valence-corrected chi connectivity index (χ1v) is 19.7. The van der Waals surface area contributed by atoms with Crippen LogP contribution in [0.3, 0.4) is 0 Å². The van der Waals surface area contributed by atoms with Crippen molar-refractivity contribution >= 4 is 35.2 Å². The number of nitrogens with zero attached hydrogens (tertiary/aromatic N) is 1. The maximum absolute atomic E-state index is 14.8. The predicted molar refractivity (Wildman–Crippen MR) is 210 cm³/mol. The molecule has 59 heavy (non-hydrogen) atoms. The molecule has 5 aliphatic rings. The molecule has 4 aliphatic heterocycles. The molecular formula is C43H54N2O14. The third kappa shape index (κ3) is 8.43. The number of likely N-dealkylation sites (tertiary alicyclic amines) is 1. The van der Waals surface area contributed by atoms with E-state index < -0.39 is 118 Å². The summed E-state index contributed by atoms with van der Waals surface area (Å²) in [5.41, 5.74) is -1.97. The molecule has 5 bridgehead atoms. The average Bonchev–Trinajstić information content (AvgIpc) is 3.46. The van der Waals surface area contributed by atoms with Crippen molar-refractivity contribution < 1.29 is 68.1 Å². The number of aliphatic carboxylic acids is 1. The van der Waals surface area contributed by atoms with E-state index in [9.17, 15) is 49.2 Å². The number of allylic oxidation sites excluding steroid dienone is 4. The minimum atomic E-state index is -2.13. The van der Waals surface area contributed by atoms with Gasteiger partial charge in [0.2, 0.25) is 11.6 Å². The second kappa shape index (κ2) is 17.5. The normalized spacial score (nSPS) is 33.1. The Labute approximate surface area is 342 Å². The lowest BCUT2D eigenvalue weighted by Crippen LogP contribution is -2.46. The Morgan fingerprint density at radius 1 is 0.915 bits per heavy atom. The zero-order valence-electron chi connectivity index (χ0n) is 34.7. The number of fused-ring (bicyclic) bond motifs is 14. The van der Waals surface area contributed by atoms with E-state index >= 15 is 0 Å². The van der Waals surface area contributed by atoms with Gasteiger partial charge in [-0.1, -0.05) is 45.9 Å². The molecular weight excluding hydrogens is 768 g/mol. The summed E-state index contributed by atoms with van der Waals surface area (Å²) in [7, 11) is 1.41. The number of ketones is 3. The average molecular weight is 823 g/mol. The molecule has 16 heteroatoms. The number of methoxy groups -OCH3 is 1. The zero-order chi connectivity index (χ0) is 43.8. The van der Waals surface area contributed by atoms with Crippen LogP contribution >= 0.6 is 0 Å². The maximum atomic E-state index is 14.8. The fourth-order valence-electron chi connectivity index (χ4n) is 8.33. The fraction of sp³-hybridized carbons (Fsp3) is 0.535. The molecule has 1 amide bonds. The van der Waals surface area contributed by atoms with E-state index in [2.05, 4.69) is 5.32 Å². The van der Waals surface area contributed by atoms with Gasteiger partial charge in [0.15, 0.2) is 0 Å². The maximum Gasteiger partial charge on any atom is 0.312 e. The number of carboxylic acids is 1. The first-order valence-electron chi connectivity index (χ1n) is 19.7.